The van der Waals surface area contributed by atoms with E-state index in [9.17, 15) is 22.0 Å². The highest BCUT2D eigenvalue weighted by Gasteiger charge is 2.57. The predicted octanol–water partition coefficient (Wildman–Crippen LogP) is 3.93. The molecule has 0 aliphatic heterocycles. The fraction of sp³-hybridized carbons (Fsp3) is 0.267. The second kappa shape index (κ2) is 4.71. The Morgan fingerprint density at radius 1 is 1.08 bits per heavy atom. The molecule has 3 aromatic rings. The molecule has 1 fully saturated rings. The van der Waals surface area contributed by atoms with Crippen LogP contribution in [0.4, 0.5) is 22.0 Å². The minimum Gasteiger partial charge on any atom is -0.275 e. The van der Waals surface area contributed by atoms with Crippen LogP contribution in [0.25, 0.3) is 16.9 Å². The maximum Gasteiger partial charge on any atom is 0.452 e. The Hall–Kier alpha value is -2.58. The van der Waals surface area contributed by atoms with E-state index in [1.165, 1.54) is 12.4 Å². The number of alkyl halides is 5. The van der Waals surface area contributed by atoms with Crippen LogP contribution in [-0.4, -0.2) is 25.5 Å². The van der Waals surface area contributed by atoms with E-state index in [0.717, 1.165) is 4.40 Å². The van der Waals surface area contributed by atoms with E-state index >= 15 is 0 Å². The Bertz CT molecular complexity index is 914. The molecule has 0 bridgehead atoms. The van der Waals surface area contributed by atoms with Gasteiger partial charge in [-0.25, -0.2) is 8.78 Å². The van der Waals surface area contributed by atoms with Crippen LogP contribution < -0.4 is 0 Å². The van der Waals surface area contributed by atoms with Crippen molar-refractivity contribution >= 4 is 5.65 Å². The van der Waals surface area contributed by atoms with Crippen molar-refractivity contribution in [3.63, 3.8) is 0 Å². The summed E-state index contributed by atoms with van der Waals surface area (Å²) in [5.41, 5.74) is 1.26. The number of nitrogens with zero attached hydrogens (tertiary/aromatic N) is 4. The van der Waals surface area contributed by atoms with Gasteiger partial charge in [-0.15, -0.1) is 10.2 Å². The molecule has 0 N–H and O–H groups in total. The number of hydrogen-bond donors (Lipinski definition) is 0. The van der Waals surface area contributed by atoms with Crippen molar-refractivity contribution in [2.24, 2.45) is 0 Å². The topological polar surface area (TPSA) is 43.1 Å². The number of rotatable bonds is 2. The number of aromatic nitrogens is 4. The highest BCUT2D eigenvalue weighted by molar-refractivity contribution is 5.60. The van der Waals surface area contributed by atoms with Gasteiger partial charge in [0.1, 0.15) is 0 Å². The summed E-state index contributed by atoms with van der Waals surface area (Å²) in [5.74, 6) is -4.59. The molecule has 0 spiro atoms. The third-order valence-corrected chi connectivity index (χ3v) is 3.98. The van der Waals surface area contributed by atoms with Crippen molar-refractivity contribution in [2.45, 2.75) is 24.4 Å². The SMILES string of the molecule is FC(F)(F)c1nnc2cnc(-c3ccc([C@H]4CC4(F)F)cc3)cn12. The molecule has 0 amide bonds. The molecular weight excluding hydrogens is 331 g/mol. The van der Waals surface area contributed by atoms with E-state index in [1.807, 2.05) is 0 Å². The van der Waals surface area contributed by atoms with Crippen LogP contribution in [0.2, 0.25) is 0 Å². The molecule has 1 aliphatic carbocycles. The molecule has 1 saturated carbocycles. The quantitative estimate of drug-likeness (QED) is 0.664. The Kier molecular flexibility index (Phi) is 2.94. The molecule has 9 heteroatoms. The molecule has 1 aliphatic rings. The van der Waals surface area contributed by atoms with E-state index in [2.05, 4.69) is 15.2 Å². The van der Waals surface area contributed by atoms with E-state index in [-0.39, 0.29) is 17.8 Å². The number of hydrogen-bond acceptors (Lipinski definition) is 3. The molecule has 0 radical (unpaired) electrons. The van der Waals surface area contributed by atoms with Crippen molar-refractivity contribution in [2.75, 3.05) is 0 Å². The summed E-state index contributed by atoms with van der Waals surface area (Å²) >= 11 is 0. The Morgan fingerprint density at radius 3 is 2.33 bits per heavy atom. The fourth-order valence-corrected chi connectivity index (χ4v) is 2.61. The molecule has 2 heterocycles. The normalized spacial score (nSPS) is 19.6. The van der Waals surface area contributed by atoms with Gasteiger partial charge < -0.3 is 0 Å². The minimum atomic E-state index is -4.64. The van der Waals surface area contributed by atoms with Crippen LogP contribution in [0.5, 0.6) is 0 Å². The summed E-state index contributed by atoms with van der Waals surface area (Å²) in [4.78, 5) is 4.05. The van der Waals surface area contributed by atoms with E-state index in [4.69, 9.17) is 0 Å². The van der Waals surface area contributed by atoms with Crippen LogP contribution >= 0.6 is 0 Å². The van der Waals surface area contributed by atoms with Crippen molar-refractivity contribution < 1.29 is 22.0 Å². The monoisotopic (exact) mass is 340 g/mol. The van der Waals surface area contributed by atoms with Gasteiger partial charge in [-0.3, -0.25) is 9.38 Å². The first-order chi connectivity index (χ1) is 11.3. The van der Waals surface area contributed by atoms with Gasteiger partial charge in [-0.05, 0) is 5.56 Å². The third kappa shape index (κ3) is 2.40. The van der Waals surface area contributed by atoms with Gasteiger partial charge in [0.2, 0.25) is 5.82 Å². The van der Waals surface area contributed by atoms with Crippen LogP contribution in [0.3, 0.4) is 0 Å². The molecule has 4 nitrogen and oxygen atoms in total. The smallest absolute Gasteiger partial charge is 0.275 e. The van der Waals surface area contributed by atoms with Gasteiger partial charge in [0, 0.05) is 18.2 Å². The zero-order valence-electron chi connectivity index (χ0n) is 11.9. The minimum absolute atomic E-state index is 0.0275. The highest BCUT2D eigenvalue weighted by atomic mass is 19.4. The maximum atomic E-state index is 13.1. The van der Waals surface area contributed by atoms with Gasteiger partial charge in [-0.1, -0.05) is 24.3 Å². The number of benzene rings is 1. The molecule has 124 valence electrons. The summed E-state index contributed by atoms with van der Waals surface area (Å²) in [7, 11) is 0. The van der Waals surface area contributed by atoms with Crippen molar-refractivity contribution in [3.8, 4) is 11.3 Å². The maximum absolute atomic E-state index is 13.1. The van der Waals surface area contributed by atoms with E-state index < -0.39 is 23.8 Å². The van der Waals surface area contributed by atoms with Gasteiger partial charge in [0.15, 0.2) is 5.65 Å². The summed E-state index contributed by atoms with van der Waals surface area (Å²) < 4.78 is 65.6. The summed E-state index contributed by atoms with van der Waals surface area (Å²) in [6, 6.07) is 6.22. The Morgan fingerprint density at radius 2 is 1.75 bits per heavy atom. The van der Waals surface area contributed by atoms with E-state index in [1.54, 1.807) is 24.3 Å². The van der Waals surface area contributed by atoms with Gasteiger partial charge in [-0.2, -0.15) is 13.2 Å². The lowest BCUT2D eigenvalue weighted by molar-refractivity contribution is -0.145. The van der Waals surface area contributed by atoms with Gasteiger partial charge >= 0.3 is 6.18 Å². The Balaban J connectivity index is 1.71. The van der Waals surface area contributed by atoms with Crippen LogP contribution in [-0.2, 0) is 6.18 Å². The highest BCUT2D eigenvalue weighted by Crippen LogP contribution is 2.55. The molecule has 1 atom stereocenters. The third-order valence-electron chi connectivity index (χ3n) is 3.98. The first-order valence-corrected chi connectivity index (χ1v) is 7.02. The second-order valence-electron chi connectivity index (χ2n) is 5.66. The summed E-state index contributed by atoms with van der Waals surface area (Å²) in [6.07, 6.45) is -2.45. The first-order valence-electron chi connectivity index (χ1n) is 7.02. The Labute approximate surface area is 132 Å². The largest absolute Gasteiger partial charge is 0.452 e. The van der Waals surface area contributed by atoms with Crippen LogP contribution in [0, 0.1) is 0 Å². The number of halogens is 5. The fourth-order valence-electron chi connectivity index (χ4n) is 2.61. The molecule has 0 saturated heterocycles. The molecule has 1 aromatic carbocycles. The molecular formula is C15H9F5N4. The number of fused-ring (bicyclic) bond motifs is 1. The standard InChI is InChI=1S/C15H9F5N4/c16-14(17)5-10(14)8-1-3-9(4-2-8)11-7-24-12(6-21-11)22-23-13(24)15(18,19)20/h1-4,6-7,10H,5H2/t10-/m1/s1. The van der Waals surface area contributed by atoms with Crippen molar-refractivity contribution in [1.29, 1.82) is 0 Å². The molecule has 2 aromatic heterocycles. The molecule has 4 rings (SSSR count). The molecule has 0 unspecified atom stereocenters. The predicted molar refractivity (Wildman–Crippen MR) is 73.5 cm³/mol. The first kappa shape index (κ1) is 15.0. The van der Waals surface area contributed by atoms with Crippen LogP contribution in [0.1, 0.15) is 23.7 Å². The van der Waals surface area contributed by atoms with Crippen molar-refractivity contribution in [3.05, 3.63) is 48.0 Å². The van der Waals surface area contributed by atoms with Gasteiger partial charge in [0.05, 0.1) is 17.8 Å². The lowest BCUT2D eigenvalue weighted by Gasteiger charge is -2.06. The second-order valence-corrected chi connectivity index (χ2v) is 5.66. The zero-order valence-corrected chi connectivity index (χ0v) is 11.9. The average Bonchev–Trinajstić information content (AvgIpc) is 2.96. The van der Waals surface area contributed by atoms with E-state index in [0.29, 0.717) is 11.1 Å². The average molecular weight is 340 g/mol. The summed E-state index contributed by atoms with van der Waals surface area (Å²) in [6.45, 7) is 0. The lowest BCUT2D eigenvalue weighted by atomic mass is 10.1. The van der Waals surface area contributed by atoms with Crippen LogP contribution in [0.15, 0.2) is 36.7 Å². The van der Waals surface area contributed by atoms with Gasteiger partial charge in [0.25, 0.3) is 5.92 Å². The van der Waals surface area contributed by atoms with Crippen molar-refractivity contribution in [1.82, 2.24) is 19.6 Å². The zero-order chi connectivity index (χ0) is 17.1. The lowest BCUT2D eigenvalue weighted by Crippen LogP contribution is -2.11. The summed E-state index contributed by atoms with van der Waals surface area (Å²) in [5, 5.41) is 6.56. The molecule has 24 heavy (non-hydrogen) atoms.